The Morgan fingerprint density at radius 2 is 1.73 bits per heavy atom. The third kappa shape index (κ3) is 6.44. The molecule has 0 unspecified atom stereocenters. The Morgan fingerprint density at radius 3 is 2.23 bits per heavy atom. The highest BCUT2D eigenvalue weighted by Crippen LogP contribution is 2.58. The van der Waals surface area contributed by atoms with E-state index in [-0.39, 0.29) is 24.2 Å². The lowest BCUT2D eigenvalue weighted by molar-refractivity contribution is -0.384. The number of nitro benzene ring substituents is 1. The summed E-state index contributed by atoms with van der Waals surface area (Å²) in [5, 5.41) is 24.0. The van der Waals surface area contributed by atoms with Crippen LogP contribution in [0.1, 0.15) is 19.4 Å². The Balaban J connectivity index is 2.39. The number of benzene rings is 2. The van der Waals surface area contributed by atoms with Crippen LogP contribution in [-0.2, 0) is 19.4 Å². The molecule has 8 nitrogen and oxygen atoms in total. The zero-order valence-corrected chi connectivity index (χ0v) is 18.3. The highest BCUT2D eigenvalue weighted by Gasteiger charge is 2.33. The number of nitrogens with zero attached hydrogens (tertiary/aromatic N) is 2. The molecule has 158 valence electrons. The number of allylic oxidation sites excluding steroid dienone is 1. The van der Waals surface area contributed by atoms with Crippen LogP contribution in [0.3, 0.4) is 0 Å². The van der Waals surface area contributed by atoms with Crippen molar-refractivity contribution in [3.05, 3.63) is 80.6 Å². The third-order valence-electron chi connectivity index (χ3n) is 3.75. The van der Waals surface area contributed by atoms with Crippen LogP contribution >= 0.6 is 19.4 Å². The number of thioether (sulfide) groups is 1. The van der Waals surface area contributed by atoms with Gasteiger partial charge in [-0.05, 0) is 31.5 Å². The SMILES string of the molecule is CCOP(=O)(OCC)/C(C#N)=C(/Nc1ccccc1)SCc1ccc([N+](=O)[O-])cc1. The van der Waals surface area contributed by atoms with Gasteiger partial charge >= 0.3 is 7.60 Å². The van der Waals surface area contributed by atoms with Gasteiger partial charge in [-0.1, -0.05) is 30.3 Å². The first-order valence-corrected chi connectivity index (χ1v) is 11.7. The van der Waals surface area contributed by atoms with Gasteiger partial charge in [0, 0.05) is 23.6 Å². The van der Waals surface area contributed by atoms with E-state index in [0.717, 1.165) is 5.56 Å². The van der Waals surface area contributed by atoms with Crippen molar-refractivity contribution in [3.63, 3.8) is 0 Å². The molecule has 0 radical (unpaired) electrons. The predicted molar refractivity (Wildman–Crippen MR) is 118 cm³/mol. The quantitative estimate of drug-likeness (QED) is 0.196. The van der Waals surface area contributed by atoms with Gasteiger partial charge in [0.05, 0.1) is 23.2 Å². The maximum Gasteiger partial charge on any atom is 0.374 e. The number of nitriles is 1. The molecule has 0 saturated carbocycles. The standard InChI is InChI=1S/C20H22N3O5PS/c1-3-27-29(26,28-4-2)19(14-21)20(22-17-8-6-5-7-9-17)30-15-16-10-12-18(13-11-16)23(24)25/h5-13,22H,3-4,15H2,1-2H3/b20-19-. The van der Waals surface area contributed by atoms with Crippen LogP contribution < -0.4 is 5.32 Å². The Morgan fingerprint density at radius 1 is 1.13 bits per heavy atom. The first kappa shape index (κ1) is 23.6. The van der Waals surface area contributed by atoms with Crippen LogP contribution in [-0.4, -0.2) is 18.1 Å². The molecule has 0 aliphatic rings. The van der Waals surface area contributed by atoms with E-state index >= 15 is 0 Å². The molecule has 0 saturated heterocycles. The van der Waals surface area contributed by atoms with Crippen molar-refractivity contribution in [2.75, 3.05) is 18.5 Å². The number of para-hydroxylation sites is 1. The number of rotatable bonds is 11. The normalized spacial score (nSPS) is 12.0. The van der Waals surface area contributed by atoms with Gasteiger partial charge < -0.3 is 14.4 Å². The molecular weight excluding hydrogens is 425 g/mol. The molecule has 2 aromatic carbocycles. The van der Waals surface area contributed by atoms with Crippen LogP contribution in [0.15, 0.2) is 64.9 Å². The Labute approximate surface area is 179 Å². The minimum atomic E-state index is -3.82. The van der Waals surface area contributed by atoms with E-state index < -0.39 is 12.5 Å². The molecule has 2 aromatic rings. The number of anilines is 1. The molecule has 0 spiro atoms. The highest BCUT2D eigenvalue weighted by molar-refractivity contribution is 8.02. The fraction of sp³-hybridized carbons (Fsp3) is 0.250. The molecular formula is C20H22N3O5PS. The lowest BCUT2D eigenvalue weighted by Gasteiger charge is -2.20. The maximum absolute atomic E-state index is 13.3. The highest BCUT2D eigenvalue weighted by atomic mass is 32.2. The molecule has 0 heterocycles. The van der Waals surface area contributed by atoms with Gasteiger partial charge in [0.1, 0.15) is 6.07 Å². The predicted octanol–water partition coefficient (Wildman–Crippen LogP) is 5.90. The summed E-state index contributed by atoms with van der Waals surface area (Å²) in [5.74, 6) is 0.386. The van der Waals surface area contributed by atoms with Gasteiger partial charge in [0.25, 0.3) is 5.69 Å². The van der Waals surface area contributed by atoms with Crippen molar-refractivity contribution >= 4 is 30.7 Å². The van der Waals surface area contributed by atoms with E-state index in [9.17, 15) is 19.9 Å². The summed E-state index contributed by atoms with van der Waals surface area (Å²) in [4.78, 5) is 10.4. The number of hydrogen-bond acceptors (Lipinski definition) is 8. The molecule has 0 atom stereocenters. The molecule has 0 bridgehead atoms. The molecule has 10 heteroatoms. The van der Waals surface area contributed by atoms with Crippen molar-refractivity contribution in [2.24, 2.45) is 0 Å². The average molecular weight is 447 g/mol. The van der Waals surface area contributed by atoms with Crippen molar-refractivity contribution in [1.82, 2.24) is 0 Å². The minimum absolute atomic E-state index is 0.00293. The maximum atomic E-state index is 13.3. The fourth-order valence-electron chi connectivity index (χ4n) is 2.43. The summed E-state index contributed by atoms with van der Waals surface area (Å²) in [7, 11) is -3.82. The average Bonchev–Trinajstić information content (AvgIpc) is 2.73. The second-order valence-electron chi connectivity index (χ2n) is 5.83. The van der Waals surface area contributed by atoms with E-state index in [4.69, 9.17) is 9.05 Å². The van der Waals surface area contributed by atoms with Crippen molar-refractivity contribution < 1.29 is 18.5 Å². The number of hydrogen-bond donors (Lipinski definition) is 1. The summed E-state index contributed by atoms with van der Waals surface area (Å²) >= 11 is 1.24. The second-order valence-corrected chi connectivity index (χ2v) is 8.77. The summed E-state index contributed by atoms with van der Waals surface area (Å²) in [6, 6.07) is 17.2. The van der Waals surface area contributed by atoms with Crippen LogP contribution in [0, 0.1) is 21.4 Å². The third-order valence-corrected chi connectivity index (χ3v) is 7.05. The van der Waals surface area contributed by atoms with Gasteiger partial charge in [0.2, 0.25) is 0 Å². The summed E-state index contributed by atoms with van der Waals surface area (Å²) in [6.45, 7) is 3.59. The zero-order chi connectivity index (χ0) is 22.0. The Hall–Kier alpha value is -2.63. The van der Waals surface area contributed by atoms with Gasteiger partial charge in [-0.3, -0.25) is 14.7 Å². The number of non-ortho nitro benzene ring substituents is 1. The number of nitro groups is 1. The van der Waals surface area contributed by atoms with Crippen LogP contribution in [0.4, 0.5) is 11.4 Å². The van der Waals surface area contributed by atoms with Crippen molar-refractivity contribution in [2.45, 2.75) is 19.6 Å². The summed E-state index contributed by atoms with van der Waals surface area (Å²) in [6.07, 6.45) is 0. The molecule has 0 aromatic heterocycles. The molecule has 1 N–H and O–H groups in total. The largest absolute Gasteiger partial charge is 0.374 e. The van der Waals surface area contributed by atoms with E-state index in [0.29, 0.717) is 16.5 Å². The number of nitrogens with one attached hydrogen (secondary N) is 1. The van der Waals surface area contributed by atoms with Gasteiger partial charge in [0.15, 0.2) is 5.31 Å². The van der Waals surface area contributed by atoms with Crippen LogP contribution in [0.5, 0.6) is 0 Å². The minimum Gasteiger partial charge on any atom is -0.349 e. The fourth-order valence-corrected chi connectivity index (χ4v) is 5.27. The van der Waals surface area contributed by atoms with Crippen LogP contribution in [0.2, 0.25) is 0 Å². The molecule has 0 aliphatic heterocycles. The zero-order valence-electron chi connectivity index (χ0n) is 16.6. The van der Waals surface area contributed by atoms with Gasteiger partial charge in [-0.2, -0.15) is 5.26 Å². The molecule has 0 amide bonds. The van der Waals surface area contributed by atoms with Crippen LogP contribution in [0.25, 0.3) is 0 Å². The first-order valence-electron chi connectivity index (χ1n) is 9.15. The lowest BCUT2D eigenvalue weighted by atomic mass is 10.2. The molecule has 0 aliphatic carbocycles. The summed E-state index contributed by atoms with van der Waals surface area (Å²) < 4.78 is 24.0. The summed E-state index contributed by atoms with van der Waals surface area (Å²) in [5.41, 5.74) is 1.51. The van der Waals surface area contributed by atoms with Gasteiger partial charge in [-0.25, -0.2) is 0 Å². The van der Waals surface area contributed by atoms with Crippen molar-refractivity contribution in [3.8, 4) is 6.07 Å². The van der Waals surface area contributed by atoms with Crippen molar-refractivity contribution in [1.29, 1.82) is 5.26 Å². The topological polar surface area (TPSA) is 114 Å². The first-order chi connectivity index (χ1) is 14.4. The molecule has 30 heavy (non-hydrogen) atoms. The van der Waals surface area contributed by atoms with E-state index in [1.54, 1.807) is 26.0 Å². The van der Waals surface area contributed by atoms with Gasteiger partial charge in [-0.15, -0.1) is 11.8 Å². The lowest BCUT2D eigenvalue weighted by Crippen LogP contribution is -2.05. The Kier molecular flexibility index (Phi) is 9.09. The smallest absolute Gasteiger partial charge is 0.349 e. The molecule has 0 fully saturated rings. The molecule has 2 rings (SSSR count). The van der Waals surface area contributed by atoms with E-state index in [1.165, 1.54) is 23.9 Å². The van der Waals surface area contributed by atoms with E-state index in [1.807, 2.05) is 36.4 Å². The monoisotopic (exact) mass is 447 g/mol. The Bertz CT molecular complexity index is 964. The second kappa shape index (κ2) is 11.5. The van der Waals surface area contributed by atoms with E-state index in [2.05, 4.69) is 5.32 Å².